The van der Waals surface area contributed by atoms with E-state index in [9.17, 15) is 4.79 Å². The molecule has 4 aliphatic carbocycles. The molecule has 202 valence electrons. The van der Waals surface area contributed by atoms with Gasteiger partial charge in [-0.2, -0.15) is 0 Å². The summed E-state index contributed by atoms with van der Waals surface area (Å²) in [5.74, 6) is 7.93. The predicted molar refractivity (Wildman–Crippen MR) is 153 cm³/mol. The molecule has 0 spiro atoms. The van der Waals surface area contributed by atoms with Crippen LogP contribution in [0.3, 0.4) is 0 Å². The highest BCUT2D eigenvalue weighted by molar-refractivity contribution is 5.56. The molecule has 0 heterocycles. The Bertz CT molecular complexity index is 847. The molecule has 4 rings (SSSR count). The number of terminal acetylenes is 1. The van der Waals surface area contributed by atoms with Crippen LogP contribution in [0.2, 0.25) is 0 Å². The number of carbonyl (C=O) groups excluding carboxylic acids is 1. The van der Waals surface area contributed by atoms with Crippen LogP contribution in [0.4, 0.5) is 0 Å². The van der Waals surface area contributed by atoms with E-state index < -0.39 is 0 Å². The van der Waals surface area contributed by atoms with Crippen molar-refractivity contribution in [2.24, 2.45) is 63.6 Å². The van der Waals surface area contributed by atoms with E-state index in [2.05, 4.69) is 54.0 Å². The van der Waals surface area contributed by atoms with E-state index in [4.69, 9.17) is 6.42 Å². The van der Waals surface area contributed by atoms with E-state index in [1.54, 1.807) is 0 Å². The van der Waals surface area contributed by atoms with Crippen molar-refractivity contribution in [3.8, 4) is 12.3 Å². The second-order valence-electron chi connectivity index (χ2n) is 15.2. The molecule has 4 fully saturated rings. The maximum Gasteiger partial charge on any atom is 0.123 e. The number of fused-ring (bicyclic) bond motifs is 5. The molecule has 4 aliphatic rings. The first-order valence-corrected chi connectivity index (χ1v) is 15.5. The van der Waals surface area contributed by atoms with Crippen LogP contribution in [0.5, 0.6) is 0 Å². The highest BCUT2D eigenvalue weighted by atomic mass is 16.1. The Morgan fingerprint density at radius 3 is 2.36 bits per heavy atom. The third-order valence-electron chi connectivity index (χ3n) is 12.4. The molecule has 0 aliphatic heterocycles. The number of hydrogen-bond acceptors (Lipinski definition) is 1. The predicted octanol–water partition coefficient (Wildman–Crippen LogP) is 9.51. The maximum absolute atomic E-state index is 12.7. The number of rotatable bonds is 5. The SMILES string of the molecule is C#CCC1(C)CC(CC(C)C)CC2(C)C1CCC1(C)C3CCCCCC(C(=C)C)C(C=O)C3CCC12. The van der Waals surface area contributed by atoms with Gasteiger partial charge in [0, 0.05) is 12.3 Å². The lowest BCUT2D eigenvalue weighted by atomic mass is 9.36. The van der Waals surface area contributed by atoms with Gasteiger partial charge in [-0.3, -0.25) is 0 Å². The van der Waals surface area contributed by atoms with Crippen molar-refractivity contribution in [1.82, 2.24) is 0 Å². The highest BCUT2D eigenvalue weighted by Gasteiger charge is 2.64. The van der Waals surface area contributed by atoms with Gasteiger partial charge in [0.15, 0.2) is 0 Å². The molecule has 0 aromatic rings. The molecule has 0 aromatic carbocycles. The van der Waals surface area contributed by atoms with E-state index >= 15 is 0 Å². The quantitative estimate of drug-likeness (QED) is 0.212. The molecule has 0 amide bonds. The van der Waals surface area contributed by atoms with Gasteiger partial charge in [-0.25, -0.2) is 0 Å². The number of allylic oxidation sites excluding steroid dienone is 1. The van der Waals surface area contributed by atoms with E-state index in [0.717, 1.165) is 36.5 Å². The van der Waals surface area contributed by atoms with Gasteiger partial charge in [0.05, 0.1) is 0 Å². The number of hydrogen-bond donors (Lipinski definition) is 0. The molecule has 4 saturated carbocycles. The van der Waals surface area contributed by atoms with E-state index in [-0.39, 0.29) is 11.3 Å². The van der Waals surface area contributed by atoms with Crippen LogP contribution in [0.15, 0.2) is 12.2 Å². The van der Waals surface area contributed by atoms with Crippen LogP contribution >= 0.6 is 0 Å². The first-order valence-electron chi connectivity index (χ1n) is 15.5. The zero-order valence-electron chi connectivity index (χ0n) is 24.6. The van der Waals surface area contributed by atoms with Gasteiger partial charge in [-0.1, -0.05) is 66.0 Å². The molecular formula is C35H56O. The van der Waals surface area contributed by atoms with Crippen molar-refractivity contribution in [3.63, 3.8) is 0 Å². The molecule has 0 aromatic heterocycles. The minimum Gasteiger partial charge on any atom is -0.303 e. The van der Waals surface area contributed by atoms with E-state index in [1.807, 2.05) is 0 Å². The lowest BCUT2D eigenvalue weighted by Gasteiger charge is -2.68. The number of carbonyl (C=O) groups is 1. The summed E-state index contributed by atoms with van der Waals surface area (Å²) in [6.07, 6.45) is 24.0. The summed E-state index contributed by atoms with van der Waals surface area (Å²) in [6, 6.07) is 0. The summed E-state index contributed by atoms with van der Waals surface area (Å²) in [4.78, 5) is 12.7. The molecule has 36 heavy (non-hydrogen) atoms. The minimum atomic E-state index is 0.167. The average Bonchev–Trinajstić information content (AvgIpc) is 2.86. The topological polar surface area (TPSA) is 17.1 Å². The van der Waals surface area contributed by atoms with E-state index in [1.165, 1.54) is 82.5 Å². The normalized spacial score (nSPS) is 47.2. The van der Waals surface area contributed by atoms with Crippen LogP contribution in [0, 0.1) is 75.9 Å². The fraction of sp³-hybridized carbons (Fsp3) is 0.857. The summed E-state index contributed by atoms with van der Waals surface area (Å²) < 4.78 is 0. The van der Waals surface area contributed by atoms with Gasteiger partial charge in [0.1, 0.15) is 6.29 Å². The Hall–Kier alpha value is -1.03. The van der Waals surface area contributed by atoms with Crippen molar-refractivity contribution >= 4 is 6.29 Å². The molecule has 10 atom stereocenters. The smallest absolute Gasteiger partial charge is 0.123 e. The molecule has 1 heteroatoms. The third kappa shape index (κ3) is 4.78. The summed E-state index contributed by atoms with van der Waals surface area (Å²) in [7, 11) is 0. The van der Waals surface area contributed by atoms with Crippen molar-refractivity contribution in [3.05, 3.63) is 12.2 Å². The van der Waals surface area contributed by atoms with Crippen LogP contribution in [-0.4, -0.2) is 6.29 Å². The summed E-state index contributed by atoms with van der Waals surface area (Å²) in [5, 5.41) is 0. The molecule has 0 N–H and O–H groups in total. The van der Waals surface area contributed by atoms with Gasteiger partial charge in [0.25, 0.3) is 0 Å². The summed E-state index contributed by atoms with van der Waals surface area (Å²) in [6.45, 7) is 19.3. The first-order chi connectivity index (χ1) is 17.0. The van der Waals surface area contributed by atoms with Crippen molar-refractivity contribution in [1.29, 1.82) is 0 Å². The Morgan fingerprint density at radius 2 is 1.72 bits per heavy atom. The standard InChI is InChI=1S/C35H56O/c1-9-18-33(6)21-26(20-24(2)3)22-35(8)31(33)17-19-34(7)30-14-12-10-11-13-27(25(4)5)29(23-36)28(30)15-16-32(34)35/h1,23-24,26-32H,4,10-22H2,2-3,5-8H3. The van der Waals surface area contributed by atoms with Crippen molar-refractivity contribution in [2.45, 2.75) is 125 Å². The molecule has 0 bridgehead atoms. The minimum absolute atomic E-state index is 0.167. The Balaban J connectivity index is 1.73. The average molecular weight is 493 g/mol. The second kappa shape index (κ2) is 10.6. The first kappa shape index (κ1) is 28.0. The van der Waals surface area contributed by atoms with Crippen LogP contribution in [-0.2, 0) is 4.79 Å². The second-order valence-corrected chi connectivity index (χ2v) is 15.2. The molecule has 10 unspecified atom stereocenters. The van der Waals surface area contributed by atoms with Crippen LogP contribution in [0.25, 0.3) is 0 Å². The van der Waals surface area contributed by atoms with Gasteiger partial charge in [0.2, 0.25) is 0 Å². The number of aldehydes is 1. The van der Waals surface area contributed by atoms with Gasteiger partial charge in [-0.15, -0.1) is 12.3 Å². The molecule has 1 nitrogen and oxygen atoms in total. The Kier molecular flexibility index (Phi) is 8.26. The monoisotopic (exact) mass is 492 g/mol. The molecule has 0 radical (unpaired) electrons. The highest BCUT2D eigenvalue weighted by Crippen LogP contribution is 2.71. The zero-order valence-corrected chi connectivity index (χ0v) is 24.6. The van der Waals surface area contributed by atoms with Gasteiger partial charge < -0.3 is 4.79 Å². The Morgan fingerprint density at radius 1 is 1.00 bits per heavy atom. The van der Waals surface area contributed by atoms with Crippen molar-refractivity contribution in [2.75, 3.05) is 0 Å². The third-order valence-corrected chi connectivity index (χ3v) is 12.4. The zero-order chi connectivity index (χ0) is 26.3. The fourth-order valence-corrected chi connectivity index (χ4v) is 11.5. The lowest BCUT2D eigenvalue weighted by molar-refractivity contribution is -0.194. The Labute approximate surface area is 224 Å². The van der Waals surface area contributed by atoms with Crippen LogP contribution in [0.1, 0.15) is 125 Å². The lowest BCUT2D eigenvalue weighted by Crippen LogP contribution is -2.61. The largest absolute Gasteiger partial charge is 0.303 e. The summed E-state index contributed by atoms with van der Waals surface area (Å²) >= 11 is 0. The van der Waals surface area contributed by atoms with Crippen molar-refractivity contribution < 1.29 is 4.79 Å². The molecule has 0 saturated heterocycles. The summed E-state index contributed by atoms with van der Waals surface area (Å²) in [5.41, 5.74) is 2.22. The maximum atomic E-state index is 12.7. The fourth-order valence-electron chi connectivity index (χ4n) is 11.5. The van der Waals surface area contributed by atoms with Gasteiger partial charge in [-0.05, 0) is 122 Å². The van der Waals surface area contributed by atoms with Gasteiger partial charge >= 0.3 is 0 Å². The molecular weight excluding hydrogens is 436 g/mol. The van der Waals surface area contributed by atoms with E-state index in [0.29, 0.717) is 28.6 Å². The van der Waals surface area contributed by atoms with Crippen LogP contribution < -0.4 is 0 Å².